The molecule has 6 nitrogen and oxygen atoms in total. The molecule has 6 heteroatoms. The maximum Gasteiger partial charge on any atom is 0.0886 e. The van der Waals surface area contributed by atoms with Crippen LogP contribution in [0.4, 0.5) is 0 Å². The average Bonchev–Trinajstić information content (AvgIpc) is 3.27. The lowest BCUT2D eigenvalue weighted by Crippen LogP contribution is -1.90. The van der Waals surface area contributed by atoms with Gasteiger partial charge in [-0.2, -0.15) is 0 Å². The largest absolute Gasteiger partial charge is 0.256 e. The van der Waals surface area contributed by atoms with Crippen LogP contribution < -0.4 is 0 Å². The third-order valence-corrected chi connectivity index (χ3v) is 10.0. The highest BCUT2D eigenvalue weighted by Crippen LogP contribution is 2.39. The first-order chi connectivity index (χ1) is 26.7. The van der Waals surface area contributed by atoms with Gasteiger partial charge in [0.2, 0.25) is 0 Å². The maximum atomic E-state index is 4.85. The van der Waals surface area contributed by atoms with Crippen molar-refractivity contribution in [3.63, 3.8) is 0 Å². The second-order valence-electron chi connectivity index (χ2n) is 13.2. The third kappa shape index (κ3) is 5.72. The van der Waals surface area contributed by atoms with Crippen LogP contribution in [0.2, 0.25) is 0 Å². The summed E-state index contributed by atoms with van der Waals surface area (Å²) in [5, 5.41) is 7.32. The molecule has 252 valence electrons. The molecule has 6 aromatic heterocycles. The van der Waals surface area contributed by atoms with E-state index >= 15 is 0 Å². The number of hydrogen-bond acceptors (Lipinski definition) is 6. The second kappa shape index (κ2) is 13.3. The van der Waals surface area contributed by atoms with Crippen molar-refractivity contribution in [1.29, 1.82) is 0 Å². The van der Waals surface area contributed by atoms with Gasteiger partial charge in [0, 0.05) is 59.4 Å². The number of nitrogens with zero attached hydrogens (tertiary/aromatic N) is 6. The summed E-state index contributed by atoms with van der Waals surface area (Å²) < 4.78 is 0. The van der Waals surface area contributed by atoms with Crippen LogP contribution in [0.15, 0.2) is 183 Å². The molecule has 0 saturated carbocycles. The normalized spacial score (nSPS) is 11.3. The quantitative estimate of drug-likeness (QED) is 0.162. The molecule has 0 bridgehead atoms. The lowest BCUT2D eigenvalue weighted by atomic mass is 9.90. The van der Waals surface area contributed by atoms with Crippen molar-refractivity contribution in [3.8, 4) is 67.5 Å². The molecule has 54 heavy (non-hydrogen) atoms. The number of pyridine rings is 6. The fraction of sp³-hybridized carbons (Fsp3) is 0. The number of rotatable bonds is 6. The molecule has 0 fully saturated rings. The van der Waals surface area contributed by atoms with Gasteiger partial charge in [-0.15, -0.1) is 0 Å². The van der Waals surface area contributed by atoms with Crippen molar-refractivity contribution in [2.45, 2.75) is 0 Å². The minimum Gasteiger partial charge on any atom is -0.256 e. The van der Waals surface area contributed by atoms with Gasteiger partial charge in [-0.05, 0) is 116 Å². The fourth-order valence-corrected chi connectivity index (χ4v) is 7.21. The van der Waals surface area contributed by atoms with Gasteiger partial charge < -0.3 is 0 Å². The summed E-state index contributed by atoms with van der Waals surface area (Å²) in [7, 11) is 0. The van der Waals surface area contributed by atoms with Gasteiger partial charge >= 0.3 is 0 Å². The number of fused-ring (bicyclic) bond motifs is 6. The van der Waals surface area contributed by atoms with E-state index in [2.05, 4.69) is 105 Å². The molecule has 0 atom stereocenters. The minimum atomic E-state index is 0.837. The molecule has 0 radical (unpaired) electrons. The fourth-order valence-electron chi connectivity index (χ4n) is 7.21. The van der Waals surface area contributed by atoms with Gasteiger partial charge in [-0.3, -0.25) is 29.9 Å². The van der Waals surface area contributed by atoms with Crippen LogP contribution in [0.1, 0.15) is 0 Å². The van der Waals surface area contributed by atoms with Gasteiger partial charge in [-0.1, -0.05) is 72.8 Å². The first-order valence-electron chi connectivity index (χ1n) is 17.8. The first kappa shape index (κ1) is 31.3. The summed E-state index contributed by atoms with van der Waals surface area (Å²) in [5.41, 5.74) is 11.4. The second-order valence-corrected chi connectivity index (χ2v) is 13.2. The van der Waals surface area contributed by atoms with Crippen molar-refractivity contribution in [2.24, 2.45) is 0 Å². The molecule has 0 amide bonds. The molecule has 6 heterocycles. The van der Waals surface area contributed by atoms with Crippen LogP contribution >= 0.6 is 0 Å². The van der Waals surface area contributed by atoms with Crippen LogP contribution in [-0.4, -0.2) is 29.9 Å². The summed E-state index contributed by atoms with van der Waals surface area (Å²) >= 11 is 0. The zero-order valence-electron chi connectivity index (χ0n) is 29.0. The Kier molecular flexibility index (Phi) is 7.69. The van der Waals surface area contributed by atoms with Gasteiger partial charge in [0.15, 0.2) is 0 Å². The molecule has 0 saturated heterocycles. The van der Waals surface area contributed by atoms with E-state index in [9.17, 15) is 0 Å². The predicted octanol–water partition coefficient (Wildman–Crippen LogP) is 11.5. The van der Waals surface area contributed by atoms with Crippen molar-refractivity contribution >= 4 is 32.3 Å². The van der Waals surface area contributed by atoms with E-state index in [1.54, 1.807) is 12.4 Å². The van der Waals surface area contributed by atoms with E-state index in [4.69, 9.17) is 9.97 Å². The van der Waals surface area contributed by atoms with E-state index in [1.165, 1.54) is 32.3 Å². The van der Waals surface area contributed by atoms with Crippen LogP contribution in [-0.2, 0) is 0 Å². The first-order valence-corrected chi connectivity index (χ1v) is 17.8. The minimum absolute atomic E-state index is 0.837. The van der Waals surface area contributed by atoms with Gasteiger partial charge in [0.1, 0.15) is 0 Å². The summed E-state index contributed by atoms with van der Waals surface area (Å²) in [6.07, 6.45) is 11.2. The summed E-state index contributed by atoms with van der Waals surface area (Å²) in [4.78, 5) is 27.8. The summed E-state index contributed by atoms with van der Waals surface area (Å²) in [6.45, 7) is 0. The van der Waals surface area contributed by atoms with Crippen molar-refractivity contribution < 1.29 is 0 Å². The predicted molar refractivity (Wildman–Crippen MR) is 218 cm³/mol. The van der Waals surface area contributed by atoms with E-state index in [0.717, 1.165) is 67.5 Å². The van der Waals surface area contributed by atoms with Crippen LogP contribution in [0.5, 0.6) is 0 Å². The Morgan fingerprint density at radius 1 is 0.222 bits per heavy atom. The van der Waals surface area contributed by atoms with Crippen molar-refractivity contribution in [2.75, 3.05) is 0 Å². The van der Waals surface area contributed by atoms with E-state index in [0.29, 0.717) is 0 Å². The van der Waals surface area contributed by atoms with Crippen molar-refractivity contribution in [1.82, 2.24) is 29.9 Å². The molecule has 10 rings (SSSR count). The molecule has 0 spiro atoms. The number of hydrogen-bond donors (Lipinski definition) is 0. The molecule has 0 aliphatic rings. The van der Waals surface area contributed by atoms with Gasteiger partial charge in [-0.25, -0.2) is 0 Å². The Morgan fingerprint density at radius 3 is 0.963 bits per heavy atom. The molecule has 0 N–H and O–H groups in total. The van der Waals surface area contributed by atoms with Gasteiger partial charge in [0.05, 0.1) is 34.2 Å². The SMILES string of the molecule is c1ccc(-c2ccc(-c3ccc(-c4ccc5c6ccccc6c6ccc(-c7ccc(-c8ccc(-c9ccccn9)nc8)nc7)cc6c5c4)cn3)cn2)nc1. The highest BCUT2D eigenvalue weighted by Gasteiger charge is 2.13. The Balaban J connectivity index is 0.990. The monoisotopic (exact) mass is 690 g/mol. The smallest absolute Gasteiger partial charge is 0.0886 e. The van der Waals surface area contributed by atoms with E-state index < -0.39 is 0 Å². The number of aromatic nitrogens is 6. The lowest BCUT2D eigenvalue weighted by Gasteiger charge is -2.14. The van der Waals surface area contributed by atoms with Crippen LogP contribution in [0, 0.1) is 0 Å². The number of benzene rings is 4. The van der Waals surface area contributed by atoms with Crippen LogP contribution in [0.25, 0.3) is 99.9 Å². The van der Waals surface area contributed by atoms with Gasteiger partial charge in [0.25, 0.3) is 0 Å². The maximum absolute atomic E-state index is 4.85. The van der Waals surface area contributed by atoms with E-state index in [-0.39, 0.29) is 0 Å². The molecule has 0 aliphatic carbocycles. The zero-order chi connectivity index (χ0) is 35.8. The Morgan fingerprint density at radius 2 is 0.574 bits per heavy atom. The molecule has 10 aromatic rings. The highest BCUT2D eigenvalue weighted by molar-refractivity contribution is 6.26. The summed E-state index contributed by atoms with van der Waals surface area (Å²) in [5.74, 6) is 0. The Hall–Kier alpha value is -7.44. The van der Waals surface area contributed by atoms with Crippen molar-refractivity contribution in [3.05, 3.63) is 183 Å². The summed E-state index contributed by atoms with van der Waals surface area (Å²) in [6, 6.07) is 50.3. The average molecular weight is 691 g/mol. The molecule has 0 aliphatic heterocycles. The van der Waals surface area contributed by atoms with E-state index in [1.807, 2.05) is 85.5 Å². The highest BCUT2D eigenvalue weighted by atomic mass is 14.8. The standard InChI is InChI=1S/C48H30N6/c1-2-8-38-37(7-1)39-17-11-31(33-13-19-43(51-27-33)35-15-21-47(53-29-35)45-9-3-5-23-49-45)25-41(39)42-26-32(12-18-40(38)42)34-14-20-44(52-28-34)36-16-22-48(54-30-36)46-10-4-6-24-50-46/h1-30H. The lowest BCUT2D eigenvalue weighted by molar-refractivity contribution is 1.24. The molecule has 4 aromatic carbocycles. The molecule has 0 unspecified atom stereocenters. The van der Waals surface area contributed by atoms with Crippen LogP contribution in [0.3, 0.4) is 0 Å². The molecular weight excluding hydrogens is 661 g/mol. The Bertz CT molecular complexity index is 2720. The Labute approximate surface area is 311 Å². The topological polar surface area (TPSA) is 77.3 Å². The zero-order valence-corrected chi connectivity index (χ0v) is 29.0. The molecular formula is C48H30N6. The third-order valence-electron chi connectivity index (χ3n) is 10.0.